The number of aliphatic hydroxyl groups is 2. The van der Waals surface area contributed by atoms with Gasteiger partial charge in [-0.25, -0.2) is 4.79 Å². The molecule has 0 radical (unpaired) electrons. The minimum atomic E-state index is -1.33. The van der Waals surface area contributed by atoms with Crippen molar-refractivity contribution in [1.29, 1.82) is 0 Å². The first-order valence-electron chi connectivity index (χ1n) is 19.0. The molecule has 2 aromatic rings. The van der Waals surface area contributed by atoms with E-state index in [0.29, 0.717) is 30.8 Å². The first-order valence-corrected chi connectivity index (χ1v) is 20.2. The van der Waals surface area contributed by atoms with Crippen LogP contribution in [0.25, 0.3) is 0 Å². The van der Waals surface area contributed by atoms with Gasteiger partial charge in [-0.05, 0) is 120 Å². The molecule has 1 saturated carbocycles. The Morgan fingerprint density at radius 1 is 1.08 bits per heavy atom. The average Bonchev–Trinajstić information content (AvgIpc) is 3.14. The first-order chi connectivity index (χ1) is 25.5. The standard InChI is InChI=1S/C42H58N2O8S/c1-8-24-49-42-37(44(6)40(47)48-9-2)27-35(43-52-41(3,4)5)33-25-28(14-10-12-22-45)32(15-11-13-23-46)38(39(33)42)34-26-30(18-21-36(34)51-42)50-29-16-19-31(53-7)20-17-29/h8,16-21,25-26,28,32,37-39,45-46H,1,9-15,22-24,27H2,2-7H3. The van der Waals surface area contributed by atoms with Gasteiger partial charge in [-0.3, -0.25) is 0 Å². The van der Waals surface area contributed by atoms with Crippen LogP contribution < -0.4 is 9.47 Å². The van der Waals surface area contributed by atoms with E-state index < -0.39 is 29.4 Å². The topological polar surface area (TPSA) is 119 Å². The van der Waals surface area contributed by atoms with E-state index in [-0.39, 0.29) is 44.2 Å². The van der Waals surface area contributed by atoms with Crippen LogP contribution in [0.15, 0.2) is 76.8 Å². The molecule has 11 heteroatoms. The molecule has 1 amide bonds. The zero-order valence-corrected chi connectivity index (χ0v) is 33.0. The number of ether oxygens (including phenoxy) is 4. The molecule has 2 aliphatic carbocycles. The molecule has 2 aromatic carbocycles. The van der Waals surface area contributed by atoms with Crippen LogP contribution in [0.4, 0.5) is 4.79 Å². The summed E-state index contributed by atoms with van der Waals surface area (Å²) in [6, 6.07) is 13.4. The Morgan fingerprint density at radius 2 is 1.77 bits per heavy atom. The number of hydrogen-bond donors (Lipinski definition) is 2. The van der Waals surface area contributed by atoms with Crippen molar-refractivity contribution < 1.29 is 38.8 Å². The van der Waals surface area contributed by atoms with Crippen LogP contribution in [0.3, 0.4) is 0 Å². The van der Waals surface area contributed by atoms with Gasteiger partial charge in [0.25, 0.3) is 0 Å². The summed E-state index contributed by atoms with van der Waals surface area (Å²) in [5.41, 5.74) is 2.16. The van der Waals surface area contributed by atoms with Crippen molar-refractivity contribution in [3.63, 3.8) is 0 Å². The summed E-state index contributed by atoms with van der Waals surface area (Å²) >= 11 is 1.68. The highest BCUT2D eigenvalue weighted by Gasteiger charge is 2.65. The van der Waals surface area contributed by atoms with Gasteiger partial charge in [-0.2, -0.15) is 0 Å². The van der Waals surface area contributed by atoms with E-state index in [2.05, 4.69) is 18.7 Å². The Balaban J connectivity index is 1.75. The fraction of sp³-hybridized carbons (Fsp3) is 0.571. The van der Waals surface area contributed by atoms with Crippen LogP contribution in [-0.4, -0.2) is 84.1 Å². The van der Waals surface area contributed by atoms with E-state index in [0.717, 1.165) is 53.2 Å². The lowest BCUT2D eigenvalue weighted by Gasteiger charge is -2.59. The summed E-state index contributed by atoms with van der Waals surface area (Å²) in [6.07, 6.45) is 10.7. The predicted molar refractivity (Wildman–Crippen MR) is 209 cm³/mol. The van der Waals surface area contributed by atoms with Crippen LogP contribution in [0, 0.1) is 17.8 Å². The maximum Gasteiger partial charge on any atom is 0.409 e. The van der Waals surface area contributed by atoms with Crippen LogP contribution in [0.5, 0.6) is 17.2 Å². The number of oxime groups is 1. The predicted octanol–water partition coefficient (Wildman–Crippen LogP) is 8.72. The van der Waals surface area contributed by atoms with Crippen LogP contribution in [0.1, 0.15) is 84.1 Å². The summed E-state index contributed by atoms with van der Waals surface area (Å²) in [6.45, 7) is 12.3. The Labute approximate surface area is 319 Å². The highest BCUT2D eigenvalue weighted by Crippen LogP contribution is 2.62. The summed E-state index contributed by atoms with van der Waals surface area (Å²) in [7, 11) is 1.73. The van der Waals surface area contributed by atoms with Gasteiger partial charge < -0.3 is 38.9 Å². The number of allylic oxidation sites excluding steroid dienone is 1. The largest absolute Gasteiger partial charge is 0.459 e. The van der Waals surface area contributed by atoms with E-state index >= 15 is 0 Å². The number of benzene rings is 2. The van der Waals surface area contributed by atoms with Crippen molar-refractivity contribution in [2.75, 3.05) is 39.7 Å². The number of hydrogen-bond acceptors (Lipinski definition) is 10. The summed E-state index contributed by atoms with van der Waals surface area (Å²) in [5.74, 6) is 0.429. The van der Waals surface area contributed by atoms with Crippen molar-refractivity contribution >= 4 is 23.6 Å². The number of unbranched alkanes of at least 4 members (excludes halogenated alkanes) is 2. The lowest BCUT2D eigenvalue weighted by molar-refractivity contribution is -0.253. The maximum atomic E-state index is 13.6. The monoisotopic (exact) mass is 750 g/mol. The minimum Gasteiger partial charge on any atom is -0.459 e. The molecule has 3 aliphatic rings. The van der Waals surface area contributed by atoms with E-state index in [1.165, 1.54) is 0 Å². The van der Waals surface area contributed by atoms with Gasteiger partial charge in [0.1, 0.15) is 28.9 Å². The number of likely N-dealkylation sites (N-methyl/N-ethyl adjacent to an activating group) is 1. The van der Waals surface area contributed by atoms with Crippen molar-refractivity contribution in [1.82, 2.24) is 4.90 Å². The quantitative estimate of drug-likeness (QED) is 0.0708. The number of rotatable bonds is 17. The molecule has 10 nitrogen and oxygen atoms in total. The second-order valence-corrected chi connectivity index (χ2v) is 15.9. The Morgan fingerprint density at radius 3 is 2.42 bits per heavy atom. The number of nitrogens with zero attached hydrogens (tertiary/aromatic N) is 2. The number of carbonyl (C=O) groups excluding carboxylic acids is 1. The number of carbonyl (C=O) groups is 1. The van der Waals surface area contributed by atoms with Gasteiger partial charge in [0.2, 0.25) is 5.79 Å². The van der Waals surface area contributed by atoms with Crippen LogP contribution in [-0.2, 0) is 14.3 Å². The molecule has 0 saturated heterocycles. The van der Waals surface area contributed by atoms with E-state index in [1.807, 2.05) is 63.4 Å². The van der Waals surface area contributed by atoms with E-state index in [9.17, 15) is 15.0 Å². The Kier molecular flexibility index (Phi) is 14.0. The molecule has 0 spiro atoms. The molecule has 53 heavy (non-hydrogen) atoms. The number of fused-ring (bicyclic) bond motifs is 2. The third kappa shape index (κ3) is 9.24. The van der Waals surface area contributed by atoms with Gasteiger partial charge in [0, 0.05) is 43.1 Å². The zero-order valence-electron chi connectivity index (χ0n) is 32.2. The second-order valence-electron chi connectivity index (χ2n) is 15.1. The zero-order chi connectivity index (χ0) is 38.2. The second kappa shape index (κ2) is 18.2. The summed E-state index contributed by atoms with van der Waals surface area (Å²) in [5, 5.41) is 24.5. The van der Waals surface area contributed by atoms with Crippen LogP contribution in [0.2, 0.25) is 0 Å². The fourth-order valence-corrected chi connectivity index (χ4v) is 8.52. The minimum absolute atomic E-state index is 0.107. The number of aliphatic hydroxyl groups excluding tert-OH is 2. The molecule has 6 unspecified atom stereocenters. The SMILES string of the molecule is C=CCOC12Oc3ccc(Oc4ccc(SC)cc4)cc3C3C(CCCCO)C(CCCCO)C=C(C(=NOC(C)(C)C)CC1N(C)C(=O)OCC)C32. The summed E-state index contributed by atoms with van der Waals surface area (Å²) < 4.78 is 26.1. The van der Waals surface area contributed by atoms with E-state index in [4.69, 9.17) is 28.9 Å². The van der Waals surface area contributed by atoms with Gasteiger partial charge in [-0.1, -0.05) is 30.1 Å². The first kappa shape index (κ1) is 40.7. The Bertz CT molecular complexity index is 1600. The maximum absolute atomic E-state index is 13.6. The molecule has 0 aromatic heterocycles. The lowest BCUT2D eigenvalue weighted by Crippen LogP contribution is -2.69. The van der Waals surface area contributed by atoms with Gasteiger partial charge >= 0.3 is 6.09 Å². The van der Waals surface area contributed by atoms with Gasteiger partial charge in [0.15, 0.2) is 0 Å². The highest BCUT2D eigenvalue weighted by atomic mass is 32.2. The van der Waals surface area contributed by atoms with Crippen molar-refractivity contribution in [3.8, 4) is 17.2 Å². The fourth-order valence-electron chi connectivity index (χ4n) is 8.12. The molecule has 1 heterocycles. The van der Waals surface area contributed by atoms with Gasteiger partial charge in [0.05, 0.1) is 24.8 Å². The highest BCUT2D eigenvalue weighted by molar-refractivity contribution is 7.98. The molecule has 1 fully saturated rings. The average molecular weight is 751 g/mol. The van der Waals surface area contributed by atoms with Crippen molar-refractivity contribution in [3.05, 3.63) is 72.3 Å². The molecular formula is C42H58N2O8S. The van der Waals surface area contributed by atoms with Crippen LogP contribution >= 0.6 is 11.8 Å². The molecule has 1 aliphatic heterocycles. The third-order valence-electron chi connectivity index (χ3n) is 10.4. The third-order valence-corrected chi connectivity index (χ3v) is 11.1. The molecule has 290 valence electrons. The number of amides is 1. The number of thioether (sulfide) groups is 1. The molecule has 6 atom stereocenters. The Hall–Kier alpha value is -3.51. The smallest absolute Gasteiger partial charge is 0.409 e. The lowest BCUT2D eigenvalue weighted by atomic mass is 9.55. The van der Waals surface area contributed by atoms with Gasteiger partial charge in [-0.15, -0.1) is 18.3 Å². The molecule has 0 bridgehead atoms. The van der Waals surface area contributed by atoms with Crippen molar-refractivity contribution in [2.45, 2.75) is 101 Å². The van der Waals surface area contributed by atoms with E-state index in [1.54, 1.807) is 36.7 Å². The molecule has 5 rings (SSSR count). The molecular weight excluding hydrogens is 693 g/mol. The van der Waals surface area contributed by atoms with Crippen molar-refractivity contribution in [2.24, 2.45) is 22.9 Å². The molecule has 2 N–H and O–H groups in total. The normalized spacial score (nSPS) is 25.4. The summed E-state index contributed by atoms with van der Waals surface area (Å²) in [4.78, 5) is 22.4.